The summed E-state index contributed by atoms with van der Waals surface area (Å²) in [5, 5.41) is 40.0. The predicted molar refractivity (Wildman–Crippen MR) is 97.6 cm³/mol. The van der Waals surface area contributed by atoms with E-state index in [4.69, 9.17) is 14.7 Å². The molecule has 2 aliphatic rings. The van der Waals surface area contributed by atoms with Crippen molar-refractivity contribution >= 4 is 5.82 Å². The summed E-state index contributed by atoms with van der Waals surface area (Å²) in [6.45, 7) is 7.44. The molecule has 8 nitrogen and oxygen atoms in total. The second-order valence-electron chi connectivity index (χ2n) is 9.02. The maximum atomic E-state index is 11.0. The Morgan fingerprint density at radius 1 is 1.33 bits per heavy atom. The Kier molecular flexibility index (Phi) is 5.46. The van der Waals surface area contributed by atoms with Crippen molar-refractivity contribution in [3.05, 3.63) is 23.0 Å². The zero-order chi connectivity index (χ0) is 20.0. The maximum absolute atomic E-state index is 11.0. The highest BCUT2D eigenvalue weighted by atomic mass is 16.8. The Bertz CT molecular complexity index is 657. The van der Waals surface area contributed by atoms with Crippen molar-refractivity contribution in [3.8, 4) is 0 Å². The Morgan fingerprint density at radius 3 is 2.59 bits per heavy atom. The van der Waals surface area contributed by atoms with E-state index in [1.54, 1.807) is 20.0 Å². The number of hydrogen-bond donors (Lipinski definition) is 5. The van der Waals surface area contributed by atoms with Crippen LogP contribution in [0.5, 0.6) is 0 Å². The summed E-state index contributed by atoms with van der Waals surface area (Å²) in [6.07, 6.45) is 3.85. The van der Waals surface area contributed by atoms with Crippen LogP contribution in [-0.4, -0.2) is 55.5 Å². The van der Waals surface area contributed by atoms with Crippen LogP contribution in [0.2, 0.25) is 0 Å². The number of aliphatic hydroxyl groups excluding tert-OH is 1. The average Bonchev–Trinajstić information content (AvgIpc) is 3.26. The molecule has 5 N–H and O–H groups in total. The van der Waals surface area contributed by atoms with Gasteiger partial charge in [-0.25, -0.2) is 5.21 Å². The van der Waals surface area contributed by atoms with Gasteiger partial charge in [0.2, 0.25) is 5.82 Å². The molecule has 1 aromatic heterocycles. The van der Waals surface area contributed by atoms with Crippen LogP contribution in [0.1, 0.15) is 58.9 Å². The van der Waals surface area contributed by atoms with Crippen molar-refractivity contribution < 1.29 is 30.1 Å². The molecule has 1 aromatic rings. The lowest BCUT2D eigenvalue weighted by atomic mass is 9.89. The molecule has 3 heterocycles. The van der Waals surface area contributed by atoms with Gasteiger partial charge in [-0.05, 0) is 58.9 Å². The van der Waals surface area contributed by atoms with E-state index >= 15 is 0 Å². The van der Waals surface area contributed by atoms with Gasteiger partial charge >= 0.3 is 0 Å². The summed E-state index contributed by atoms with van der Waals surface area (Å²) in [5.41, 5.74) is -1.36. The van der Waals surface area contributed by atoms with Crippen molar-refractivity contribution in [3.63, 3.8) is 0 Å². The number of aromatic amines is 1. The fourth-order valence-corrected chi connectivity index (χ4v) is 4.25. The van der Waals surface area contributed by atoms with Gasteiger partial charge in [-0.2, -0.15) is 5.23 Å². The van der Waals surface area contributed by atoms with Gasteiger partial charge in [0.15, 0.2) is 0 Å². The lowest BCUT2D eigenvalue weighted by molar-refractivity contribution is -0.993. The van der Waals surface area contributed by atoms with Crippen LogP contribution in [0, 0.1) is 5.21 Å². The van der Waals surface area contributed by atoms with Crippen molar-refractivity contribution in [2.75, 3.05) is 0 Å². The quantitative estimate of drug-likeness (QED) is 0.466. The molecular weight excluding hydrogens is 352 g/mol. The van der Waals surface area contributed by atoms with Crippen LogP contribution in [0.25, 0.3) is 0 Å². The molecule has 0 bridgehead atoms. The molecule has 0 saturated carbocycles. The lowest BCUT2D eigenvalue weighted by Crippen LogP contribution is -2.99. The first-order chi connectivity index (χ1) is 12.4. The van der Waals surface area contributed by atoms with Gasteiger partial charge < -0.3 is 29.9 Å². The second kappa shape index (κ2) is 7.11. The minimum atomic E-state index is -1.02. The van der Waals surface area contributed by atoms with E-state index in [1.165, 1.54) is 6.07 Å². The smallest absolute Gasteiger partial charge is 0.237 e. The first-order valence-corrected chi connectivity index (χ1v) is 9.60. The number of quaternary nitrogens is 1. The molecule has 0 spiro atoms. The van der Waals surface area contributed by atoms with E-state index < -0.39 is 28.1 Å². The summed E-state index contributed by atoms with van der Waals surface area (Å²) in [6, 6.07) is 1.54. The minimum Gasteiger partial charge on any atom is -0.594 e. The molecule has 0 amide bonds. The zero-order valence-corrected chi connectivity index (χ0v) is 16.5. The highest BCUT2D eigenvalue weighted by Gasteiger charge is 2.53. The SMILES string of the molecule is CC(C)(O)[C@H]1CC[C@](C)([C@@H]2CC[C@](C)([C@@H](O)Cc3c[nH]c([NH+]([O-])O)c3)O2)O1. The standard InChI is InChI=1S/C19H32N2O6/c1-17(2,23)14-5-8-19(4,26-14)15-6-7-18(3,27-15)13(22)9-12-10-16(20-11-12)21(24)25/h10-11,13-15,20-24H,5-9H2,1-4H3/t13-,14+,15-,18+,19+/m0/s1. The van der Waals surface area contributed by atoms with Crippen LogP contribution < -0.4 is 5.23 Å². The summed E-state index contributed by atoms with van der Waals surface area (Å²) < 4.78 is 12.5. The van der Waals surface area contributed by atoms with Crippen LogP contribution in [-0.2, 0) is 15.9 Å². The molecule has 0 aliphatic carbocycles. The van der Waals surface area contributed by atoms with E-state index in [0.29, 0.717) is 12.8 Å². The summed E-state index contributed by atoms with van der Waals surface area (Å²) in [7, 11) is 0. The monoisotopic (exact) mass is 384 g/mol. The summed E-state index contributed by atoms with van der Waals surface area (Å²) >= 11 is 0. The van der Waals surface area contributed by atoms with Gasteiger partial charge in [0, 0.05) is 18.7 Å². The van der Waals surface area contributed by atoms with Gasteiger partial charge in [0.05, 0.1) is 35.1 Å². The van der Waals surface area contributed by atoms with Gasteiger partial charge in [-0.15, -0.1) is 0 Å². The van der Waals surface area contributed by atoms with Gasteiger partial charge in [-0.1, -0.05) is 0 Å². The Morgan fingerprint density at radius 2 is 2.04 bits per heavy atom. The van der Waals surface area contributed by atoms with Crippen molar-refractivity contribution in [1.29, 1.82) is 0 Å². The first kappa shape index (κ1) is 20.7. The molecule has 0 radical (unpaired) electrons. The van der Waals surface area contributed by atoms with E-state index in [-0.39, 0.29) is 18.0 Å². The Balaban J connectivity index is 1.63. The summed E-state index contributed by atoms with van der Waals surface area (Å²) in [5.74, 6) is 0.108. The van der Waals surface area contributed by atoms with E-state index in [2.05, 4.69) is 4.98 Å². The van der Waals surface area contributed by atoms with E-state index in [1.807, 2.05) is 13.8 Å². The van der Waals surface area contributed by atoms with E-state index in [9.17, 15) is 15.4 Å². The van der Waals surface area contributed by atoms with Crippen LogP contribution >= 0.6 is 0 Å². The number of aromatic nitrogens is 1. The van der Waals surface area contributed by atoms with Crippen molar-refractivity contribution in [2.24, 2.45) is 0 Å². The molecule has 8 heteroatoms. The third-order valence-corrected chi connectivity index (χ3v) is 6.21. The third-order valence-electron chi connectivity index (χ3n) is 6.21. The molecule has 0 aromatic carbocycles. The molecule has 154 valence electrons. The average molecular weight is 384 g/mol. The molecular formula is C19H32N2O6. The molecule has 27 heavy (non-hydrogen) atoms. The molecule has 6 atom stereocenters. The fourth-order valence-electron chi connectivity index (χ4n) is 4.25. The van der Waals surface area contributed by atoms with Crippen molar-refractivity contribution in [1.82, 2.24) is 4.98 Å². The highest BCUT2D eigenvalue weighted by Crippen LogP contribution is 2.45. The minimum absolute atomic E-state index is 0.108. The fraction of sp³-hybridized carbons (Fsp3) is 0.789. The maximum Gasteiger partial charge on any atom is 0.237 e. The Labute approximate surface area is 159 Å². The Hall–Kier alpha value is -1.00. The normalized spacial score (nSPS) is 36.9. The van der Waals surface area contributed by atoms with E-state index in [0.717, 1.165) is 24.8 Å². The molecule has 2 fully saturated rings. The van der Waals surface area contributed by atoms with Gasteiger partial charge in [0.25, 0.3) is 0 Å². The second-order valence-corrected chi connectivity index (χ2v) is 9.02. The molecule has 3 rings (SSSR count). The van der Waals surface area contributed by atoms with Crippen LogP contribution in [0.15, 0.2) is 12.3 Å². The largest absolute Gasteiger partial charge is 0.594 e. The number of rotatable bonds is 6. The topological polar surface area (TPSA) is 122 Å². The zero-order valence-electron chi connectivity index (χ0n) is 16.5. The van der Waals surface area contributed by atoms with Gasteiger partial charge in [0.1, 0.15) is 0 Å². The predicted octanol–water partition coefficient (Wildman–Crippen LogP) is 0.968. The van der Waals surface area contributed by atoms with Crippen LogP contribution in [0.3, 0.4) is 0 Å². The first-order valence-electron chi connectivity index (χ1n) is 9.60. The summed E-state index contributed by atoms with van der Waals surface area (Å²) in [4.78, 5) is 2.70. The lowest BCUT2D eigenvalue weighted by Gasteiger charge is -2.36. The number of H-pyrrole nitrogens is 1. The van der Waals surface area contributed by atoms with Crippen molar-refractivity contribution in [2.45, 2.75) is 94.9 Å². The number of nitrogens with one attached hydrogen (secondary N) is 2. The number of aliphatic hydroxyl groups is 2. The molecule has 1 unspecified atom stereocenters. The third kappa shape index (κ3) is 4.22. The van der Waals surface area contributed by atoms with Crippen LogP contribution in [0.4, 0.5) is 5.82 Å². The molecule has 2 saturated heterocycles. The number of ether oxygens (including phenoxy) is 2. The highest BCUT2D eigenvalue weighted by molar-refractivity contribution is 5.27. The van der Waals surface area contributed by atoms with Gasteiger partial charge in [-0.3, -0.25) is 0 Å². The molecule has 2 aliphatic heterocycles. The number of hydrogen-bond acceptors (Lipinski definition) is 6.